The van der Waals surface area contributed by atoms with Crippen molar-refractivity contribution in [1.82, 2.24) is 0 Å². The van der Waals surface area contributed by atoms with Gasteiger partial charge in [0.1, 0.15) is 0 Å². The van der Waals surface area contributed by atoms with E-state index in [1.54, 1.807) is 6.92 Å². The maximum atomic E-state index is 11.9. The molecule has 4 nitrogen and oxygen atoms in total. The third-order valence-corrected chi connectivity index (χ3v) is 4.24. The number of carbonyl (C=O) groups excluding carboxylic acids is 1. The Morgan fingerprint density at radius 3 is 2.40 bits per heavy atom. The summed E-state index contributed by atoms with van der Waals surface area (Å²) >= 11 is 0. The van der Waals surface area contributed by atoms with Crippen LogP contribution in [0.5, 0.6) is 0 Å². The molecule has 0 bridgehead atoms. The predicted molar refractivity (Wildman–Crippen MR) is 81.7 cm³/mol. The van der Waals surface area contributed by atoms with Crippen molar-refractivity contribution in [2.24, 2.45) is 5.92 Å². The first-order valence-electron chi connectivity index (χ1n) is 6.53. The first-order valence-corrected chi connectivity index (χ1v) is 8.84. The molecule has 0 radical (unpaired) electrons. The molecule has 0 unspecified atom stereocenters. The van der Waals surface area contributed by atoms with Gasteiger partial charge in [-0.2, -0.15) is 0 Å². The normalized spacial score (nSPS) is 11.7. The van der Waals surface area contributed by atoms with E-state index in [0.29, 0.717) is 24.1 Å². The monoisotopic (exact) mass is 317 g/mol. The third kappa shape index (κ3) is 4.49. The van der Waals surface area contributed by atoms with E-state index in [9.17, 15) is 13.2 Å². The van der Waals surface area contributed by atoms with Crippen LogP contribution in [0.3, 0.4) is 0 Å². The van der Waals surface area contributed by atoms with Gasteiger partial charge in [-0.05, 0) is 42.5 Å². The van der Waals surface area contributed by atoms with Crippen LogP contribution in [0.4, 0.5) is 5.69 Å². The molecule has 0 atom stereocenters. The van der Waals surface area contributed by atoms with Crippen LogP contribution in [0.2, 0.25) is 0 Å². The quantitative estimate of drug-likeness (QED) is 0.846. The molecule has 0 aliphatic carbocycles. The maximum absolute atomic E-state index is 11.9. The van der Waals surface area contributed by atoms with Gasteiger partial charge in [0.2, 0.25) is 5.91 Å². The number of hydrogen-bond acceptors (Lipinski definition) is 3. The van der Waals surface area contributed by atoms with Gasteiger partial charge >= 0.3 is 0 Å². The Bertz CT molecular complexity index is 609. The SMILES string of the molecule is CCc1cc(S(=O)(=O)Cl)cc(C)c1NC(=O)CC(C)C. The van der Waals surface area contributed by atoms with E-state index >= 15 is 0 Å². The molecule has 0 saturated carbocycles. The Kier molecular flexibility index (Phi) is 5.59. The van der Waals surface area contributed by atoms with Crippen molar-refractivity contribution in [3.05, 3.63) is 23.3 Å². The molecule has 0 aliphatic heterocycles. The zero-order chi connectivity index (χ0) is 15.5. The molecule has 20 heavy (non-hydrogen) atoms. The maximum Gasteiger partial charge on any atom is 0.261 e. The van der Waals surface area contributed by atoms with Crippen molar-refractivity contribution in [2.45, 2.75) is 45.4 Å². The summed E-state index contributed by atoms with van der Waals surface area (Å²) in [7, 11) is 1.61. The van der Waals surface area contributed by atoms with Gasteiger partial charge < -0.3 is 5.32 Å². The number of nitrogens with one attached hydrogen (secondary N) is 1. The number of carbonyl (C=O) groups is 1. The lowest BCUT2D eigenvalue weighted by molar-refractivity contribution is -0.116. The van der Waals surface area contributed by atoms with Crippen molar-refractivity contribution < 1.29 is 13.2 Å². The highest BCUT2D eigenvalue weighted by atomic mass is 35.7. The van der Waals surface area contributed by atoms with E-state index in [-0.39, 0.29) is 16.7 Å². The molecule has 0 heterocycles. The zero-order valence-corrected chi connectivity index (χ0v) is 13.7. The minimum atomic E-state index is -3.76. The number of benzene rings is 1. The molecule has 1 amide bonds. The molecule has 0 aromatic heterocycles. The molecule has 0 saturated heterocycles. The molecular formula is C14H20ClNO3S. The standard InChI is InChI=1S/C14H20ClNO3S/c1-5-11-8-12(20(15,18)19)7-10(4)14(11)16-13(17)6-9(2)3/h7-9H,5-6H2,1-4H3,(H,16,17). The number of rotatable bonds is 5. The van der Waals surface area contributed by atoms with Gasteiger partial charge in [-0.1, -0.05) is 20.8 Å². The molecular weight excluding hydrogens is 298 g/mol. The van der Waals surface area contributed by atoms with E-state index in [2.05, 4.69) is 5.32 Å². The van der Waals surface area contributed by atoms with Crippen molar-refractivity contribution in [3.63, 3.8) is 0 Å². The fraction of sp³-hybridized carbons (Fsp3) is 0.500. The summed E-state index contributed by atoms with van der Waals surface area (Å²) in [6.07, 6.45) is 1.04. The van der Waals surface area contributed by atoms with E-state index < -0.39 is 9.05 Å². The highest BCUT2D eigenvalue weighted by Gasteiger charge is 2.16. The van der Waals surface area contributed by atoms with Gasteiger partial charge in [-0.3, -0.25) is 4.79 Å². The smallest absolute Gasteiger partial charge is 0.261 e. The largest absolute Gasteiger partial charge is 0.326 e. The summed E-state index contributed by atoms with van der Waals surface area (Å²) in [5.74, 6) is 0.196. The molecule has 1 N–H and O–H groups in total. The van der Waals surface area contributed by atoms with Gasteiger partial charge in [0.05, 0.1) is 4.90 Å². The summed E-state index contributed by atoms with van der Waals surface area (Å²) in [5.41, 5.74) is 2.14. The van der Waals surface area contributed by atoms with Crippen molar-refractivity contribution >= 4 is 31.3 Å². The van der Waals surface area contributed by atoms with Crippen LogP contribution in [-0.4, -0.2) is 14.3 Å². The Balaban J connectivity index is 3.18. The summed E-state index contributed by atoms with van der Waals surface area (Å²) in [6, 6.07) is 2.99. The van der Waals surface area contributed by atoms with Crippen molar-refractivity contribution in [1.29, 1.82) is 0 Å². The average molecular weight is 318 g/mol. The Morgan fingerprint density at radius 1 is 1.35 bits per heavy atom. The van der Waals surface area contributed by atoms with Gasteiger partial charge in [-0.25, -0.2) is 8.42 Å². The Hall–Kier alpha value is -1.07. The number of aryl methyl sites for hydroxylation is 2. The molecule has 1 rings (SSSR count). The lowest BCUT2D eigenvalue weighted by atomic mass is 10.0. The van der Waals surface area contributed by atoms with E-state index in [1.165, 1.54) is 12.1 Å². The molecule has 0 aliphatic rings. The van der Waals surface area contributed by atoms with E-state index in [4.69, 9.17) is 10.7 Å². The first kappa shape index (κ1) is 17.0. The number of halogens is 1. The topological polar surface area (TPSA) is 63.2 Å². The molecule has 1 aromatic carbocycles. The first-order chi connectivity index (χ1) is 9.15. The highest BCUT2D eigenvalue weighted by molar-refractivity contribution is 8.13. The molecule has 6 heteroatoms. The third-order valence-electron chi connectivity index (χ3n) is 2.91. The number of hydrogen-bond donors (Lipinski definition) is 1. The second-order valence-electron chi connectivity index (χ2n) is 5.21. The van der Waals surface area contributed by atoms with E-state index in [1.807, 2.05) is 20.8 Å². The van der Waals surface area contributed by atoms with Crippen LogP contribution in [-0.2, 0) is 20.3 Å². The van der Waals surface area contributed by atoms with Crippen molar-refractivity contribution in [2.75, 3.05) is 5.32 Å². The average Bonchev–Trinajstić information content (AvgIpc) is 2.28. The predicted octanol–water partition coefficient (Wildman–Crippen LogP) is 3.47. The lowest BCUT2D eigenvalue weighted by Crippen LogP contribution is -2.16. The molecule has 0 fully saturated rings. The van der Waals surface area contributed by atoms with Gasteiger partial charge in [0, 0.05) is 22.8 Å². The Morgan fingerprint density at radius 2 is 1.95 bits per heavy atom. The van der Waals surface area contributed by atoms with Crippen LogP contribution in [0, 0.1) is 12.8 Å². The fourth-order valence-electron chi connectivity index (χ4n) is 1.98. The molecule has 112 valence electrons. The second-order valence-corrected chi connectivity index (χ2v) is 7.78. The second kappa shape index (κ2) is 6.59. The van der Waals surface area contributed by atoms with Gasteiger partial charge in [0.25, 0.3) is 9.05 Å². The van der Waals surface area contributed by atoms with Crippen LogP contribution in [0.1, 0.15) is 38.3 Å². The number of amides is 1. The van der Waals surface area contributed by atoms with Crippen LogP contribution >= 0.6 is 10.7 Å². The minimum absolute atomic E-state index is 0.0652. The van der Waals surface area contributed by atoms with Crippen molar-refractivity contribution in [3.8, 4) is 0 Å². The van der Waals surface area contributed by atoms with Crippen LogP contribution in [0.25, 0.3) is 0 Å². The number of anilines is 1. The zero-order valence-electron chi connectivity index (χ0n) is 12.2. The minimum Gasteiger partial charge on any atom is -0.326 e. The van der Waals surface area contributed by atoms with Crippen LogP contribution in [0.15, 0.2) is 17.0 Å². The van der Waals surface area contributed by atoms with E-state index in [0.717, 1.165) is 5.56 Å². The summed E-state index contributed by atoms with van der Waals surface area (Å²) in [5, 5.41) is 2.86. The summed E-state index contributed by atoms with van der Waals surface area (Å²) in [4.78, 5) is 11.9. The lowest BCUT2D eigenvalue weighted by Gasteiger charge is -2.15. The molecule has 1 aromatic rings. The van der Waals surface area contributed by atoms with Gasteiger partial charge in [-0.15, -0.1) is 0 Å². The fourth-order valence-corrected chi connectivity index (χ4v) is 2.85. The summed E-state index contributed by atoms with van der Waals surface area (Å²) < 4.78 is 22.8. The summed E-state index contributed by atoms with van der Waals surface area (Å²) in [6.45, 7) is 7.60. The molecule has 0 spiro atoms. The van der Waals surface area contributed by atoms with Gasteiger partial charge in [0.15, 0.2) is 0 Å². The highest BCUT2D eigenvalue weighted by Crippen LogP contribution is 2.27. The Labute approximate surface area is 124 Å². The van der Waals surface area contributed by atoms with Crippen LogP contribution < -0.4 is 5.32 Å².